The summed E-state index contributed by atoms with van der Waals surface area (Å²) < 4.78 is 5.61. The number of hydrogen-bond donors (Lipinski definition) is 2. The van der Waals surface area contributed by atoms with Gasteiger partial charge in [0.15, 0.2) is 0 Å². The summed E-state index contributed by atoms with van der Waals surface area (Å²) in [4.78, 5) is 37.4. The molecule has 6 nitrogen and oxygen atoms in total. The average molecular weight is 469 g/mol. The van der Waals surface area contributed by atoms with E-state index >= 15 is 0 Å². The van der Waals surface area contributed by atoms with Crippen molar-refractivity contribution in [3.8, 4) is 0 Å². The van der Waals surface area contributed by atoms with Crippen molar-refractivity contribution < 1.29 is 19.1 Å². The van der Waals surface area contributed by atoms with Crippen LogP contribution in [0.4, 0.5) is 0 Å². The van der Waals surface area contributed by atoms with Crippen LogP contribution in [-0.4, -0.2) is 24.3 Å². The molecule has 2 aromatic carbocycles. The molecule has 33 heavy (non-hydrogen) atoms. The van der Waals surface area contributed by atoms with Gasteiger partial charge in [0, 0.05) is 30.3 Å². The molecule has 174 valence electrons. The summed E-state index contributed by atoms with van der Waals surface area (Å²) in [5, 5.41) is 6.45. The molecule has 2 amide bonds. The van der Waals surface area contributed by atoms with Crippen LogP contribution in [0.1, 0.15) is 49.3 Å². The van der Waals surface area contributed by atoms with Crippen LogP contribution < -0.4 is 10.6 Å². The van der Waals surface area contributed by atoms with Gasteiger partial charge in [0.05, 0.1) is 6.54 Å². The lowest BCUT2D eigenvalue weighted by Gasteiger charge is -2.22. The Morgan fingerprint density at radius 3 is 2.58 bits per heavy atom. The maximum Gasteiger partial charge on any atom is 0.306 e. The molecule has 0 aliphatic carbocycles. The van der Waals surface area contributed by atoms with Gasteiger partial charge < -0.3 is 15.4 Å². The number of halogens is 1. The first-order valence-corrected chi connectivity index (χ1v) is 11.6. The van der Waals surface area contributed by atoms with Gasteiger partial charge in [-0.1, -0.05) is 66.2 Å². The van der Waals surface area contributed by atoms with Gasteiger partial charge in [0.25, 0.3) is 0 Å². The molecule has 0 fully saturated rings. The molecular formula is C26H29ClN2O4. The molecule has 0 aromatic heterocycles. The number of hydrogen-bond acceptors (Lipinski definition) is 4. The Morgan fingerprint density at radius 1 is 1.06 bits per heavy atom. The average Bonchev–Trinajstić information content (AvgIpc) is 2.82. The van der Waals surface area contributed by atoms with E-state index in [0.717, 1.165) is 11.1 Å². The van der Waals surface area contributed by atoms with Crippen LogP contribution in [-0.2, 0) is 25.7 Å². The highest BCUT2D eigenvalue weighted by atomic mass is 35.5. The zero-order valence-electron chi connectivity index (χ0n) is 18.5. The van der Waals surface area contributed by atoms with Crippen molar-refractivity contribution >= 4 is 29.4 Å². The Labute approximate surface area is 199 Å². The minimum Gasteiger partial charge on any atom is -0.456 e. The van der Waals surface area contributed by atoms with E-state index in [9.17, 15) is 14.4 Å². The fraction of sp³-hybridized carbons (Fsp3) is 0.346. The predicted molar refractivity (Wildman–Crippen MR) is 127 cm³/mol. The maximum absolute atomic E-state index is 12.9. The van der Waals surface area contributed by atoms with Crippen LogP contribution in [0.15, 0.2) is 66.7 Å². The smallest absolute Gasteiger partial charge is 0.306 e. The van der Waals surface area contributed by atoms with Crippen molar-refractivity contribution in [2.75, 3.05) is 6.54 Å². The lowest BCUT2D eigenvalue weighted by Crippen LogP contribution is -2.35. The minimum atomic E-state index is -0.547. The van der Waals surface area contributed by atoms with E-state index in [2.05, 4.69) is 10.6 Å². The quantitative estimate of drug-likeness (QED) is 0.483. The molecular weight excluding hydrogens is 440 g/mol. The number of cyclic esters (lactones) is 1. The van der Waals surface area contributed by atoms with E-state index in [-0.39, 0.29) is 43.1 Å². The molecule has 1 aliphatic heterocycles. The summed E-state index contributed by atoms with van der Waals surface area (Å²) in [6, 6.07) is 16.7. The van der Waals surface area contributed by atoms with Gasteiger partial charge in [-0.2, -0.15) is 0 Å². The second-order valence-electron chi connectivity index (χ2n) is 8.02. The largest absolute Gasteiger partial charge is 0.456 e. The topological polar surface area (TPSA) is 84.5 Å². The number of ether oxygens (including phenoxy) is 1. The van der Waals surface area contributed by atoms with Gasteiger partial charge in [-0.05, 0) is 42.5 Å². The highest BCUT2D eigenvalue weighted by Gasteiger charge is 2.22. The van der Waals surface area contributed by atoms with Crippen molar-refractivity contribution in [2.24, 2.45) is 5.92 Å². The number of nitrogens with one attached hydrogen (secondary N) is 2. The Morgan fingerprint density at radius 2 is 1.82 bits per heavy atom. The molecule has 0 unspecified atom stereocenters. The van der Waals surface area contributed by atoms with Gasteiger partial charge in [-0.3, -0.25) is 14.4 Å². The molecule has 2 N–H and O–H groups in total. The maximum atomic E-state index is 12.9. The van der Waals surface area contributed by atoms with Crippen LogP contribution in [0.25, 0.3) is 0 Å². The Hall–Kier alpha value is -3.12. The second kappa shape index (κ2) is 12.8. The second-order valence-corrected chi connectivity index (χ2v) is 8.46. The van der Waals surface area contributed by atoms with Gasteiger partial charge in [0.1, 0.15) is 6.10 Å². The molecule has 3 rings (SSSR count). The molecule has 0 saturated heterocycles. The fourth-order valence-corrected chi connectivity index (χ4v) is 3.71. The first-order valence-electron chi connectivity index (χ1n) is 11.2. The van der Waals surface area contributed by atoms with Crippen molar-refractivity contribution in [2.45, 2.75) is 44.8 Å². The number of esters is 1. The molecule has 0 bridgehead atoms. The summed E-state index contributed by atoms with van der Waals surface area (Å²) in [6.45, 7) is 0.606. The normalized spacial score (nSPS) is 20.5. The van der Waals surface area contributed by atoms with E-state index in [1.54, 1.807) is 12.1 Å². The lowest BCUT2D eigenvalue weighted by atomic mass is 9.97. The number of carbonyl (C=O) groups excluding carboxylic acids is 3. The first kappa shape index (κ1) is 24.5. The van der Waals surface area contributed by atoms with Crippen molar-refractivity contribution in [1.82, 2.24) is 10.6 Å². The number of amides is 2. The van der Waals surface area contributed by atoms with Crippen LogP contribution in [0, 0.1) is 5.92 Å². The number of rotatable bonds is 6. The van der Waals surface area contributed by atoms with Crippen LogP contribution in [0.2, 0.25) is 5.02 Å². The summed E-state index contributed by atoms with van der Waals surface area (Å²) in [7, 11) is 0. The SMILES string of the molecule is O=C(CC[C@@H]1C/C=C/CCC(=O)O[C@H](c2ccccc2)CNC1=O)NCc1ccc(Cl)cc1. The number of benzene rings is 2. The summed E-state index contributed by atoms with van der Waals surface area (Å²) in [5.41, 5.74) is 1.79. The summed E-state index contributed by atoms with van der Waals surface area (Å²) in [5.74, 6) is -0.891. The predicted octanol–water partition coefficient (Wildman–Crippen LogP) is 4.49. The Balaban J connectivity index is 1.57. The van der Waals surface area contributed by atoms with Gasteiger partial charge >= 0.3 is 5.97 Å². The highest BCUT2D eigenvalue weighted by Crippen LogP contribution is 2.20. The minimum absolute atomic E-state index is 0.107. The summed E-state index contributed by atoms with van der Waals surface area (Å²) in [6.07, 6.45) is 5.27. The summed E-state index contributed by atoms with van der Waals surface area (Å²) >= 11 is 5.89. The molecule has 1 aliphatic rings. The zero-order chi connectivity index (χ0) is 23.5. The van der Waals surface area contributed by atoms with Crippen LogP contribution in [0.3, 0.4) is 0 Å². The van der Waals surface area contributed by atoms with Crippen molar-refractivity contribution in [3.05, 3.63) is 82.9 Å². The Kier molecular flexibility index (Phi) is 9.51. The number of allylic oxidation sites excluding steroid dienone is 2. The van der Waals surface area contributed by atoms with Gasteiger partial charge in [0.2, 0.25) is 11.8 Å². The van der Waals surface area contributed by atoms with Gasteiger partial charge in [-0.15, -0.1) is 0 Å². The van der Waals surface area contributed by atoms with Crippen molar-refractivity contribution in [1.29, 1.82) is 0 Å². The van der Waals surface area contributed by atoms with E-state index in [4.69, 9.17) is 16.3 Å². The van der Waals surface area contributed by atoms with Crippen molar-refractivity contribution in [3.63, 3.8) is 0 Å². The standard InChI is InChI=1S/C26H29ClN2O4/c27-22-14-11-19(12-15-22)17-28-24(30)16-13-21-9-5-2-6-10-25(31)33-23(18-29-26(21)32)20-7-3-1-4-8-20/h1-5,7-8,11-12,14-15,21,23H,6,9-10,13,16-18H2,(H,28,30)(H,29,32)/b5-2+/t21-,23-/m0/s1. The third-order valence-corrected chi connectivity index (χ3v) is 5.75. The third kappa shape index (κ3) is 8.39. The van der Waals surface area contributed by atoms with Crippen LogP contribution >= 0.6 is 11.6 Å². The first-order chi connectivity index (χ1) is 16.0. The molecule has 7 heteroatoms. The third-order valence-electron chi connectivity index (χ3n) is 5.50. The van der Waals surface area contributed by atoms with E-state index in [0.29, 0.717) is 30.8 Å². The van der Waals surface area contributed by atoms with E-state index in [1.165, 1.54) is 0 Å². The van der Waals surface area contributed by atoms with E-state index in [1.807, 2.05) is 54.6 Å². The molecule has 2 aromatic rings. The molecule has 0 radical (unpaired) electrons. The Bertz CT molecular complexity index is 960. The zero-order valence-corrected chi connectivity index (χ0v) is 19.2. The molecule has 0 spiro atoms. The fourth-order valence-electron chi connectivity index (χ4n) is 3.58. The molecule has 1 heterocycles. The van der Waals surface area contributed by atoms with Gasteiger partial charge in [-0.25, -0.2) is 0 Å². The van der Waals surface area contributed by atoms with Crippen LogP contribution in [0.5, 0.6) is 0 Å². The molecule has 2 atom stereocenters. The monoisotopic (exact) mass is 468 g/mol. The lowest BCUT2D eigenvalue weighted by molar-refractivity contribution is -0.150. The number of carbonyl (C=O) groups is 3. The molecule has 0 saturated carbocycles. The highest BCUT2D eigenvalue weighted by molar-refractivity contribution is 6.30. The van der Waals surface area contributed by atoms with E-state index < -0.39 is 6.10 Å².